The fraction of sp³-hybridized carbons (Fsp3) is 0.579. The average molecular weight is 380 g/mol. The second kappa shape index (κ2) is 7.94. The third-order valence-corrected chi connectivity index (χ3v) is 5.80. The zero-order valence-corrected chi connectivity index (χ0v) is 15.6. The molecule has 1 aromatic rings. The molecule has 2 aliphatic rings. The highest BCUT2D eigenvalue weighted by atomic mass is 35.5. The lowest BCUT2D eigenvalue weighted by molar-refractivity contribution is -0.135. The standard InChI is InChI=1S/C19H26ClN3O3/c20-15-3-1-14(2-4-15)12-23-13-19(10-18(23)26)5-7-22(8-6-19)17(25)9-16(24)11-21/h1-4,16,24H,5-13,21H2. The zero-order valence-electron chi connectivity index (χ0n) is 14.9. The van der Waals surface area contributed by atoms with Gasteiger partial charge in [0.15, 0.2) is 0 Å². The summed E-state index contributed by atoms with van der Waals surface area (Å²) in [7, 11) is 0. The van der Waals surface area contributed by atoms with Crippen LogP contribution >= 0.6 is 11.6 Å². The first-order valence-corrected chi connectivity index (χ1v) is 9.47. The monoisotopic (exact) mass is 379 g/mol. The fourth-order valence-corrected chi connectivity index (χ4v) is 4.04. The number of piperidine rings is 1. The van der Waals surface area contributed by atoms with Crippen LogP contribution in [-0.2, 0) is 16.1 Å². The first kappa shape index (κ1) is 19.1. The molecule has 2 amide bonds. The van der Waals surface area contributed by atoms with E-state index in [9.17, 15) is 14.7 Å². The highest BCUT2D eigenvalue weighted by Gasteiger charge is 2.45. The lowest BCUT2D eigenvalue weighted by atomic mass is 9.77. The molecule has 3 rings (SSSR count). The zero-order chi connectivity index (χ0) is 18.7. The van der Waals surface area contributed by atoms with Gasteiger partial charge >= 0.3 is 0 Å². The smallest absolute Gasteiger partial charge is 0.225 e. The fourth-order valence-electron chi connectivity index (χ4n) is 3.92. The van der Waals surface area contributed by atoms with Gasteiger partial charge in [-0.05, 0) is 30.5 Å². The van der Waals surface area contributed by atoms with E-state index in [4.69, 9.17) is 17.3 Å². The van der Waals surface area contributed by atoms with Crippen LogP contribution < -0.4 is 5.73 Å². The Morgan fingerprint density at radius 3 is 2.54 bits per heavy atom. The van der Waals surface area contributed by atoms with Crippen LogP contribution in [0.15, 0.2) is 24.3 Å². The Morgan fingerprint density at radius 2 is 1.92 bits per heavy atom. The molecule has 2 aliphatic heterocycles. The molecule has 2 fully saturated rings. The molecule has 0 radical (unpaired) electrons. The van der Waals surface area contributed by atoms with E-state index in [1.165, 1.54) is 0 Å². The van der Waals surface area contributed by atoms with E-state index in [-0.39, 0.29) is 30.2 Å². The van der Waals surface area contributed by atoms with Gasteiger partial charge in [0.2, 0.25) is 11.8 Å². The molecule has 0 bridgehead atoms. The lowest BCUT2D eigenvalue weighted by Crippen LogP contribution is -2.45. The Kier molecular flexibility index (Phi) is 5.85. The second-order valence-corrected chi connectivity index (χ2v) is 7.96. The molecule has 1 aromatic carbocycles. The topological polar surface area (TPSA) is 86.9 Å². The van der Waals surface area contributed by atoms with E-state index in [1.807, 2.05) is 29.2 Å². The maximum Gasteiger partial charge on any atom is 0.225 e. The molecule has 1 atom stereocenters. The molecule has 2 heterocycles. The molecular weight excluding hydrogens is 354 g/mol. The third kappa shape index (κ3) is 4.37. The minimum absolute atomic E-state index is 0.0349. The van der Waals surface area contributed by atoms with Crippen molar-refractivity contribution in [2.75, 3.05) is 26.2 Å². The summed E-state index contributed by atoms with van der Waals surface area (Å²) >= 11 is 5.92. The number of hydrogen-bond donors (Lipinski definition) is 2. The van der Waals surface area contributed by atoms with Crippen molar-refractivity contribution in [3.8, 4) is 0 Å². The largest absolute Gasteiger partial charge is 0.391 e. The quantitative estimate of drug-likeness (QED) is 0.809. The van der Waals surface area contributed by atoms with E-state index >= 15 is 0 Å². The molecule has 6 nitrogen and oxygen atoms in total. The molecule has 3 N–H and O–H groups in total. The van der Waals surface area contributed by atoms with Crippen LogP contribution in [0.3, 0.4) is 0 Å². The van der Waals surface area contributed by atoms with Gasteiger partial charge < -0.3 is 20.6 Å². The van der Waals surface area contributed by atoms with Crippen molar-refractivity contribution in [3.63, 3.8) is 0 Å². The van der Waals surface area contributed by atoms with Gasteiger partial charge in [-0.2, -0.15) is 0 Å². The van der Waals surface area contributed by atoms with Crippen molar-refractivity contribution >= 4 is 23.4 Å². The number of carbonyl (C=O) groups is 2. The number of nitrogens with zero attached hydrogens (tertiary/aromatic N) is 2. The van der Waals surface area contributed by atoms with Gasteiger partial charge in [-0.15, -0.1) is 0 Å². The number of nitrogens with two attached hydrogens (primary N) is 1. The average Bonchev–Trinajstić information content (AvgIpc) is 2.92. The first-order valence-electron chi connectivity index (χ1n) is 9.09. The lowest BCUT2D eigenvalue weighted by Gasteiger charge is -2.39. The second-order valence-electron chi connectivity index (χ2n) is 7.53. The summed E-state index contributed by atoms with van der Waals surface area (Å²) in [6.07, 6.45) is 1.49. The van der Waals surface area contributed by atoms with Crippen LogP contribution in [0.1, 0.15) is 31.2 Å². The number of aliphatic hydroxyl groups is 1. The summed E-state index contributed by atoms with van der Waals surface area (Å²) in [4.78, 5) is 28.4. The number of aliphatic hydroxyl groups excluding tert-OH is 1. The minimum Gasteiger partial charge on any atom is -0.391 e. The summed E-state index contributed by atoms with van der Waals surface area (Å²) in [6, 6.07) is 7.58. The van der Waals surface area contributed by atoms with Crippen molar-refractivity contribution in [2.45, 2.75) is 38.3 Å². The third-order valence-electron chi connectivity index (χ3n) is 5.55. The summed E-state index contributed by atoms with van der Waals surface area (Å²) in [6.45, 7) is 2.71. The molecule has 0 aromatic heterocycles. The van der Waals surface area contributed by atoms with Crippen LogP contribution in [0.4, 0.5) is 0 Å². The maximum atomic E-state index is 12.5. The summed E-state index contributed by atoms with van der Waals surface area (Å²) in [5, 5.41) is 10.2. The molecule has 7 heteroatoms. The predicted molar refractivity (Wildman–Crippen MR) is 99.4 cm³/mol. The minimum atomic E-state index is -0.777. The molecule has 0 saturated carbocycles. The molecule has 1 unspecified atom stereocenters. The Bertz CT molecular complexity index is 656. The van der Waals surface area contributed by atoms with Crippen LogP contribution in [0, 0.1) is 5.41 Å². The SMILES string of the molecule is NCC(O)CC(=O)N1CCC2(CC1)CC(=O)N(Cc1ccc(Cl)cc1)C2. The van der Waals surface area contributed by atoms with Crippen LogP contribution in [0.2, 0.25) is 5.02 Å². The van der Waals surface area contributed by atoms with E-state index in [0.717, 1.165) is 24.9 Å². The summed E-state index contributed by atoms with van der Waals surface area (Å²) < 4.78 is 0. The van der Waals surface area contributed by atoms with Crippen LogP contribution in [0.25, 0.3) is 0 Å². The number of likely N-dealkylation sites (tertiary alicyclic amines) is 2. The normalized spacial score (nSPS) is 20.7. The molecule has 1 spiro atoms. The highest BCUT2D eigenvalue weighted by molar-refractivity contribution is 6.30. The van der Waals surface area contributed by atoms with E-state index in [1.54, 1.807) is 4.90 Å². The highest BCUT2D eigenvalue weighted by Crippen LogP contribution is 2.41. The number of amides is 2. The van der Waals surface area contributed by atoms with E-state index in [0.29, 0.717) is 31.1 Å². The number of hydrogen-bond acceptors (Lipinski definition) is 4. The van der Waals surface area contributed by atoms with Gasteiger partial charge in [0, 0.05) is 49.6 Å². The van der Waals surface area contributed by atoms with Gasteiger partial charge in [0.1, 0.15) is 0 Å². The van der Waals surface area contributed by atoms with Gasteiger partial charge in [-0.25, -0.2) is 0 Å². The van der Waals surface area contributed by atoms with Gasteiger partial charge in [-0.3, -0.25) is 9.59 Å². The van der Waals surface area contributed by atoms with Crippen molar-refractivity contribution in [3.05, 3.63) is 34.9 Å². The number of carbonyl (C=O) groups excluding carboxylic acids is 2. The van der Waals surface area contributed by atoms with Gasteiger partial charge in [-0.1, -0.05) is 23.7 Å². The van der Waals surface area contributed by atoms with Crippen molar-refractivity contribution in [1.29, 1.82) is 0 Å². The Balaban J connectivity index is 1.55. The van der Waals surface area contributed by atoms with Gasteiger partial charge in [0.25, 0.3) is 0 Å². The van der Waals surface area contributed by atoms with Crippen LogP contribution in [0.5, 0.6) is 0 Å². The van der Waals surface area contributed by atoms with Crippen molar-refractivity contribution < 1.29 is 14.7 Å². The van der Waals surface area contributed by atoms with E-state index < -0.39 is 6.10 Å². The Labute approximate surface area is 158 Å². The molecule has 2 saturated heterocycles. The predicted octanol–water partition coefficient (Wildman–Crippen LogP) is 1.39. The van der Waals surface area contributed by atoms with E-state index in [2.05, 4.69) is 0 Å². The number of halogens is 1. The maximum absolute atomic E-state index is 12.5. The number of rotatable bonds is 5. The molecule has 26 heavy (non-hydrogen) atoms. The molecule has 0 aliphatic carbocycles. The summed E-state index contributed by atoms with van der Waals surface area (Å²) in [5.41, 5.74) is 6.41. The molecular formula is C19H26ClN3O3. The van der Waals surface area contributed by atoms with Crippen molar-refractivity contribution in [2.24, 2.45) is 11.1 Å². The molecule has 142 valence electrons. The first-order chi connectivity index (χ1) is 12.4. The van der Waals surface area contributed by atoms with Crippen LogP contribution in [-0.4, -0.2) is 59.0 Å². The Morgan fingerprint density at radius 1 is 1.27 bits per heavy atom. The number of benzene rings is 1. The van der Waals surface area contributed by atoms with Crippen molar-refractivity contribution in [1.82, 2.24) is 9.80 Å². The van der Waals surface area contributed by atoms with Gasteiger partial charge in [0.05, 0.1) is 12.5 Å². The Hall–Kier alpha value is -1.63. The summed E-state index contributed by atoms with van der Waals surface area (Å²) in [5.74, 6) is 0.124.